The van der Waals surface area contributed by atoms with Gasteiger partial charge in [0.2, 0.25) is 0 Å². The third-order valence-electron chi connectivity index (χ3n) is 0. The summed E-state index contributed by atoms with van der Waals surface area (Å²) in [6, 6.07) is 0. The van der Waals surface area contributed by atoms with E-state index in [1.54, 1.807) is 13.8 Å². The Morgan fingerprint density at radius 2 is 1.25 bits per heavy atom. The quantitative estimate of drug-likeness (QED) is 0.490. The Kier molecular flexibility index (Phi) is 256. The Hall–Kier alpha value is 1.16. The van der Waals surface area contributed by atoms with Crippen LogP contribution in [0.25, 0.3) is 0 Å². The molecule has 8 heavy (non-hydrogen) atoms. The fourth-order valence-electron chi connectivity index (χ4n) is 0. The molecule has 0 bridgehead atoms. The predicted octanol–water partition coefficient (Wildman–Crippen LogP) is 1.86. The SMILES string of the molecule is O=PO.[CH2-]C.[CH2-]C.[Y]. The van der Waals surface area contributed by atoms with Crippen LogP contribution >= 0.6 is 8.69 Å². The van der Waals surface area contributed by atoms with Gasteiger partial charge < -0.3 is 18.7 Å². The first-order chi connectivity index (χ1) is 3.41. The molecule has 0 aliphatic carbocycles. The van der Waals surface area contributed by atoms with Gasteiger partial charge in [0.25, 0.3) is 0 Å². The zero-order valence-corrected chi connectivity index (χ0v) is 9.03. The molecule has 0 amide bonds. The molecule has 1 radical (unpaired) electrons. The van der Waals surface area contributed by atoms with Crippen molar-refractivity contribution < 1.29 is 42.2 Å². The molecule has 0 spiro atoms. The first-order valence-corrected chi connectivity index (χ1v) is 2.56. The summed E-state index contributed by atoms with van der Waals surface area (Å²) in [6.45, 7) is 10.0. The van der Waals surface area contributed by atoms with E-state index in [1.165, 1.54) is 0 Å². The monoisotopic (exact) mass is 211 g/mol. The minimum absolute atomic E-state index is 0. The fraction of sp³-hybridized carbons (Fsp3) is 0.500. The molecule has 0 saturated carbocycles. The number of hydrogen-bond donors (Lipinski definition) is 1. The second-order valence-corrected chi connectivity index (χ2v) is 0.245. The largest absolute Gasteiger partial charge is 0.346 e. The Morgan fingerprint density at radius 1 is 1.25 bits per heavy atom. The van der Waals surface area contributed by atoms with Crippen molar-refractivity contribution >= 4 is 8.69 Å². The van der Waals surface area contributed by atoms with Crippen LogP contribution in [-0.4, -0.2) is 4.89 Å². The Labute approximate surface area is 78.2 Å². The standard InChI is InChI=1S/2C2H5.HO2P.Y/c2*1-2;1-3-2;/h2*1H2,2H3;(H,1,2);/q2*-1;;. The van der Waals surface area contributed by atoms with E-state index in [9.17, 15) is 0 Å². The predicted molar refractivity (Wildman–Crippen MR) is 31.9 cm³/mol. The van der Waals surface area contributed by atoms with Crippen LogP contribution in [0.1, 0.15) is 13.8 Å². The van der Waals surface area contributed by atoms with Crippen LogP contribution in [0.3, 0.4) is 0 Å². The fourth-order valence-corrected chi connectivity index (χ4v) is 0. The zero-order valence-electron chi connectivity index (χ0n) is 5.29. The molecule has 0 atom stereocenters. The molecule has 1 N–H and O–H groups in total. The van der Waals surface area contributed by atoms with Crippen molar-refractivity contribution in [1.82, 2.24) is 0 Å². The summed E-state index contributed by atoms with van der Waals surface area (Å²) in [5.41, 5.74) is 0. The zero-order chi connectivity index (χ0) is 6.71. The second kappa shape index (κ2) is 89.5. The van der Waals surface area contributed by atoms with E-state index in [4.69, 9.17) is 9.46 Å². The molecule has 0 aliphatic heterocycles. The van der Waals surface area contributed by atoms with Gasteiger partial charge in [-0.3, -0.25) is 0 Å². The summed E-state index contributed by atoms with van der Waals surface area (Å²) in [5, 5.41) is 0. The first kappa shape index (κ1) is 22.9. The molecule has 0 aromatic heterocycles. The van der Waals surface area contributed by atoms with E-state index in [0.717, 1.165) is 0 Å². The summed E-state index contributed by atoms with van der Waals surface area (Å²) in [4.78, 5) is 6.99. The van der Waals surface area contributed by atoms with Crippen LogP contribution in [0, 0.1) is 13.8 Å². The average Bonchev–Trinajstić information content (AvgIpc) is 1.78. The summed E-state index contributed by atoms with van der Waals surface area (Å²) in [7, 11) is -0.833. The molecule has 0 unspecified atom stereocenters. The Balaban J connectivity index is -0.0000000147. The molecular weight excluding hydrogens is 200 g/mol. The van der Waals surface area contributed by atoms with Crippen LogP contribution in [0.4, 0.5) is 0 Å². The van der Waals surface area contributed by atoms with Crippen LogP contribution in [-0.2, 0) is 37.3 Å². The van der Waals surface area contributed by atoms with Crippen LogP contribution in [0.15, 0.2) is 0 Å². The molecule has 0 saturated heterocycles. The van der Waals surface area contributed by atoms with Gasteiger partial charge in [0.1, 0.15) is 0 Å². The minimum Gasteiger partial charge on any atom is -0.346 e. The normalized spacial score (nSPS) is 4.12. The second-order valence-electron chi connectivity index (χ2n) is 0.0816. The van der Waals surface area contributed by atoms with Gasteiger partial charge in [-0.25, -0.2) is 4.57 Å². The molecule has 49 valence electrons. The first-order valence-electron chi connectivity index (χ1n) is 1.80. The van der Waals surface area contributed by atoms with Gasteiger partial charge in [-0.1, -0.05) is 0 Å². The van der Waals surface area contributed by atoms with Gasteiger partial charge in [-0.2, -0.15) is 13.8 Å². The van der Waals surface area contributed by atoms with Crippen LogP contribution in [0.5, 0.6) is 0 Å². The molecule has 0 fully saturated rings. The summed E-state index contributed by atoms with van der Waals surface area (Å²) in [6.07, 6.45) is 0. The van der Waals surface area contributed by atoms with E-state index in [-0.39, 0.29) is 32.7 Å². The van der Waals surface area contributed by atoms with Crippen molar-refractivity contribution in [2.75, 3.05) is 0 Å². The summed E-state index contributed by atoms with van der Waals surface area (Å²) >= 11 is 0. The van der Waals surface area contributed by atoms with Crippen LogP contribution in [0.2, 0.25) is 0 Å². The summed E-state index contributed by atoms with van der Waals surface area (Å²) < 4.78 is 8.46. The molecule has 2 nitrogen and oxygen atoms in total. The molecule has 0 aromatic rings. The Morgan fingerprint density at radius 3 is 1.25 bits per heavy atom. The van der Waals surface area contributed by atoms with Gasteiger partial charge in [-0.15, -0.1) is 0 Å². The molecule has 0 aliphatic rings. The molecule has 4 heteroatoms. The maximum absolute atomic E-state index is 8.46. The molecular formula is C4H11O2PY-2. The molecule has 0 rings (SSSR count). The van der Waals surface area contributed by atoms with Gasteiger partial charge in [0.05, 0.1) is 0 Å². The van der Waals surface area contributed by atoms with Crippen molar-refractivity contribution in [2.45, 2.75) is 13.8 Å². The maximum Gasteiger partial charge on any atom is 0.324 e. The van der Waals surface area contributed by atoms with Crippen molar-refractivity contribution in [3.63, 3.8) is 0 Å². The molecule has 0 aromatic carbocycles. The van der Waals surface area contributed by atoms with E-state index >= 15 is 0 Å². The van der Waals surface area contributed by atoms with E-state index in [0.29, 0.717) is 0 Å². The minimum atomic E-state index is -0.833. The van der Waals surface area contributed by atoms with Gasteiger partial charge in [-0.05, 0) is 0 Å². The van der Waals surface area contributed by atoms with Crippen molar-refractivity contribution in [1.29, 1.82) is 0 Å². The number of hydrogen-bond acceptors (Lipinski definition) is 1. The van der Waals surface area contributed by atoms with E-state index < -0.39 is 8.69 Å². The van der Waals surface area contributed by atoms with Crippen molar-refractivity contribution in [2.24, 2.45) is 0 Å². The smallest absolute Gasteiger partial charge is 0.324 e. The summed E-state index contributed by atoms with van der Waals surface area (Å²) in [5.74, 6) is 0. The van der Waals surface area contributed by atoms with Gasteiger partial charge in [0.15, 0.2) is 0 Å². The van der Waals surface area contributed by atoms with Crippen molar-refractivity contribution in [3.05, 3.63) is 13.8 Å². The third kappa shape index (κ3) is 201. The Bertz CT molecular complexity index is 21.5. The van der Waals surface area contributed by atoms with E-state index in [2.05, 4.69) is 13.8 Å². The molecule has 0 heterocycles. The average molecular weight is 211 g/mol. The van der Waals surface area contributed by atoms with Gasteiger partial charge >= 0.3 is 8.69 Å². The number of rotatable bonds is 0. The topological polar surface area (TPSA) is 37.3 Å². The maximum atomic E-state index is 8.46. The van der Waals surface area contributed by atoms with Gasteiger partial charge in [0, 0.05) is 32.7 Å². The van der Waals surface area contributed by atoms with E-state index in [1.807, 2.05) is 0 Å². The van der Waals surface area contributed by atoms with Crippen LogP contribution < -0.4 is 0 Å². The third-order valence-corrected chi connectivity index (χ3v) is 0. The van der Waals surface area contributed by atoms with Crippen molar-refractivity contribution in [3.8, 4) is 0 Å².